The molecular weight excluding hydrogens is 471 g/mol. The lowest BCUT2D eigenvalue weighted by Gasteiger charge is -2.19. The summed E-state index contributed by atoms with van der Waals surface area (Å²) in [5.74, 6) is -1.50. The van der Waals surface area contributed by atoms with Gasteiger partial charge in [0.25, 0.3) is 11.8 Å². The molecule has 6 nitrogen and oxygen atoms in total. The second-order valence-electron chi connectivity index (χ2n) is 7.23. The van der Waals surface area contributed by atoms with E-state index in [0.717, 1.165) is 9.13 Å². The van der Waals surface area contributed by atoms with Gasteiger partial charge in [0.05, 0.1) is 0 Å². The molecule has 0 aliphatic heterocycles. The lowest BCUT2D eigenvalue weighted by atomic mass is 9.87. The molecule has 0 aliphatic carbocycles. The van der Waals surface area contributed by atoms with E-state index in [1.54, 1.807) is 24.3 Å². The highest BCUT2D eigenvalue weighted by atomic mass is 127. The maximum Gasteiger partial charge on any atom is 0.325 e. The molecule has 0 bridgehead atoms. The van der Waals surface area contributed by atoms with Crippen LogP contribution in [0.15, 0.2) is 48.5 Å². The molecule has 28 heavy (non-hydrogen) atoms. The molecule has 0 radical (unpaired) electrons. The number of hydrogen-bond donors (Lipinski definition) is 2. The number of carbonyl (C=O) groups is 3. The molecule has 0 saturated carbocycles. The number of carbonyl (C=O) groups excluding carboxylic acids is 3. The predicted molar refractivity (Wildman–Crippen MR) is 116 cm³/mol. The summed E-state index contributed by atoms with van der Waals surface area (Å²) in [4.78, 5) is 35.7. The van der Waals surface area contributed by atoms with Crippen molar-refractivity contribution in [2.24, 2.45) is 0 Å². The van der Waals surface area contributed by atoms with Crippen molar-refractivity contribution < 1.29 is 19.1 Å². The van der Waals surface area contributed by atoms with Crippen LogP contribution in [-0.4, -0.2) is 30.9 Å². The van der Waals surface area contributed by atoms with Crippen LogP contribution in [0.25, 0.3) is 0 Å². The van der Waals surface area contributed by atoms with Gasteiger partial charge >= 0.3 is 5.97 Å². The van der Waals surface area contributed by atoms with E-state index in [1.165, 1.54) is 0 Å². The van der Waals surface area contributed by atoms with Crippen molar-refractivity contribution in [2.45, 2.75) is 26.2 Å². The van der Waals surface area contributed by atoms with Crippen molar-refractivity contribution in [3.05, 3.63) is 63.2 Å². The number of benzene rings is 2. The molecule has 2 rings (SSSR count). The van der Waals surface area contributed by atoms with Crippen LogP contribution in [0, 0.1) is 3.57 Å². The number of esters is 1. The second kappa shape index (κ2) is 9.68. The predicted octanol–water partition coefficient (Wildman–Crippen LogP) is 3.50. The van der Waals surface area contributed by atoms with Gasteiger partial charge in [0.15, 0.2) is 6.61 Å². The Labute approximate surface area is 178 Å². The average molecular weight is 494 g/mol. The smallest absolute Gasteiger partial charge is 0.325 e. The van der Waals surface area contributed by atoms with E-state index < -0.39 is 18.5 Å². The van der Waals surface area contributed by atoms with Gasteiger partial charge < -0.3 is 15.4 Å². The van der Waals surface area contributed by atoms with E-state index in [2.05, 4.69) is 54.0 Å². The van der Waals surface area contributed by atoms with Crippen LogP contribution in [0.2, 0.25) is 0 Å². The van der Waals surface area contributed by atoms with E-state index in [9.17, 15) is 14.4 Å². The summed E-state index contributed by atoms with van der Waals surface area (Å²) in [6, 6.07) is 14.5. The molecule has 0 spiro atoms. The van der Waals surface area contributed by atoms with Crippen molar-refractivity contribution in [2.75, 3.05) is 18.5 Å². The summed E-state index contributed by atoms with van der Waals surface area (Å²) in [5.41, 5.74) is 2.19. The Morgan fingerprint density at radius 1 is 1.04 bits per heavy atom. The van der Waals surface area contributed by atoms with Crippen molar-refractivity contribution in [3.8, 4) is 0 Å². The highest BCUT2D eigenvalue weighted by Crippen LogP contribution is 2.22. The first-order valence-corrected chi connectivity index (χ1v) is 9.83. The summed E-state index contributed by atoms with van der Waals surface area (Å²) in [6.45, 7) is 5.54. The minimum Gasteiger partial charge on any atom is -0.454 e. The van der Waals surface area contributed by atoms with Crippen LogP contribution in [0.5, 0.6) is 0 Å². The monoisotopic (exact) mass is 494 g/mol. The Morgan fingerprint density at radius 2 is 1.71 bits per heavy atom. The van der Waals surface area contributed by atoms with E-state index in [-0.39, 0.29) is 17.9 Å². The molecule has 0 heterocycles. The zero-order valence-corrected chi connectivity index (χ0v) is 18.2. The van der Waals surface area contributed by atoms with Crippen LogP contribution in [-0.2, 0) is 19.7 Å². The van der Waals surface area contributed by atoms with E-state index in [1.807, 2.05) is 24.3 Å². The van der Waals surface area contributed by atoms with Gasteiger partial charge in [-0.2, -0.15) is 0 Å². The standard InChI is InChI=1S/C21H23IN2O4/c1-21(2,3)15-9-7-14(8-10-15)20(27)23-12-19(26)28-13-18(25)24-17-6-4-5-16(22)11-17/h4-11H,12-13H2,1-3H3,(H,23,27)(H,24,25). The molecule has 148 valence electrons. The maximum atomic E-state index is 12.1. The molecule has 7 heteroatoms. The van der Waals surface area contributed by atoms with Crippen molar-refractivity contribution in [1.82, 2.24) is 5.32 Å². The van der Waals surface area contributed by atoms with Gasteiger partial charge in [0, 0.05) is 14.8 Å². The summed E-state index contributed by atoms with van der Waals surface area (Å²) in [5, 5.41) is 5.13. The number of rotatable bonds is 6. The molecule has 2 aromatic carbocycles. The number of ether oxygens (including phenoxy) is 1. The third-order valence-electron chi connectivity index (χ3n) is 3.88. The molecule has 2 aromatic rings. The number of halogens is 1. The lowest BCUT2D eigenvalue weighted by molar-refractivity contribution is -0.146. The van der Waals surface area contributed by atoms with Crippen LogP contribution >= 0.6 is 22.6 Å². The quantitative estimate of drug-likeness (QED) is 0.476. The van der Waals surface area contributed by atoms with Crippen LogP contribution in [0.1, 0.15) is 36.7 Å². The molecule has 0 saturated heterocycles. The SMILES string of the molecule is CC(C)(C)c1ccc(C(=O)NCC(=O)OCC(=O)Nc2cccc(I)c2)cc1. The summed E-state index contributed by atoms with van der Waals surface area (Å²) >= 11 is 2.13. The number of nitrogens with one attached hydrogen (secondary N) is 2. The molecule has 0 unspecified atom stereocenters. The molecule has 2 N–H and O–H groups in total. The highest BCUT2D eigenvalue weighted by Gasteiger charge is 2.15. The number of hydrogen-bond acceptors (Lipinski definition) is 4. The number of amides is 2. The van der Waals surface area contributed by atoms with Crippen LogP contribution in [0.4, 0.5) is 5.69 Å². The first kappa shape index (κ1) is 21.9. The molecular formula is C21H23IN2O4. The third-order valence-corrected chi connectivity index (χ3v) is 4.55. The minimum atomic E-state index is -0.683. The fraction of sp³-hybridized carbons (Fsp3) is 0.286. The van der Waals surface area contributed by atoms with E-state index >= 15 is 0 Å². The van der Waals surface area contributed by atoms with Gasteiger partial charge in [-0.05, 0) is 63.9 Å². The number of anilines is 1. The summed E-state index contributed by atoms with van der Waals surface area (Å²) < 4.78 is 5.87. The Hall–Kier alpha value is -2.42. The fourth-order valence-electron chi connectivity index (χ4n) is 2.34. The summed E-state index contributed by atoms with van der Waals surface area (Å²) in [7, 11) is 0. The normalized spacial score (nSPS) is 10.9. The van der Waals surface area contributed by atoms with Gasteiger partial charge in [0.2, 0.25) is 0 Å². The Balaban J connectivity index is 1.75. The maximum absolute atomic E-state index is 12.1. The van der Waals surface area contributed by atoms with Crippen molar-refractivity contribution in [3.63, 3.8) is 0 Å². The zero-order chi connectivity index (χ0) is 20.7. The minimum absolute atomic E-state index is 0.00257. The van der Waals surface area contributed by atoms with E-state index in [0.29, 0.717) is 11.3 Å². The Morgan fingerprint density at radius 3 is 2.32 bits per heavy atom. The molecule has 0 fully saturated rings. The topological polar surface area (TPSA) is 84.5 Å². The highest BCUT2D eigenvalue weighted by molar-refractivity contribution is 14.1. The lowest BCUT2D eigenvalue weighted by Crippen LogP contribution is -2.32. The van der Waals surface area contributed by atoms with Crippen molar-refractivity contribution >= 4 is 46.1 Å². The Bertz CT molecular complexity index is 857. The fourth-order valence-corrected chi connectivity index (χ4v) is 2.88. The third kappa shape index (κ3) is 6.95. The van der Waals surface area contributed by atoms with Gasteiger partial charge in [0.1, 0.15) is 6.54 Å². The van der Waals surface area contributed by atoms with Gasteiger partial charge in [-0.25, -0.2) is 0 Å². The summed E-state index contributed by atoms with van der Waals surface area (Å²) in [6.07, 6.45) is 0. The molecule has 0 aliphatic rings. The van der Waals surface area contributed by atoms with Gasteiger partial charge in [-0.1, -0.05) is 39.0 Å². The van der Waals surface area contributed by atoms with Gasteiger partial charge in [-0.3, -0.25) is 14.4 Å². The molecule has 2 amide bonds. The Kier molecular flexibility index (Phi) is 7.56. The van der Waals surface area contributed by atoms with Crippen molar-refractivity contribution in [1.29, 1.82) is 0 Å². The van der Waals surface area contributed by atoms with Crippen LogP contribution < -0.4 is 10.6 Å². The molecule has 0 atom stereocenters. The van der Waals surface area contributed by atoms with Gasteiger partial charge in [-0.15, -0.1) is 0 Å². The first-order chi connectivity index (χ1) is 13.1. The molecule has 0 aromatic heterocycles. The van der Waals surface area contributed by atoms with E-state index in [4.69, 9.17) is 4.74 Å². The zero-order valence-electron chi connectivity index (χ0n) is 16.0. The second-order valence-corrected chi connectivity index (χ2v) is 8.47. The van der Waals surface area contributed by atoms with Crippen LogP contribution in [0.3, 0.4) is 0 Å². The largest absolute Gasteiger partial charge is 0.454 e. The average Bonchev–Trinajstić information content (AvgIpc) is 2.64. The first-order valence-electron chi connectivity index (χ1n) is 8.75.